The number of aromatic nitrogens is 4. The molecule has 0 saturated heterocycles. The second-order valence-corrected chi connectivity index (χ2v) is 8.78. The van der Waals surface area contributed by atoms with E-state index in [0.29, 0.717) is 24.0 Å². The third-order valence-electron chi connectivity index (χ3n) is 6.07. The first-order chi connectivity index (χ1) is 17.8. The quantitative estimate of drug-likeness (QED) is 0.341. The van der Waals surface area contributed by atoms with Crippen molar-refractivity contribution in [2.24, 2.45) is 0 Å². The maximum absolute atomic E-state index is 5.86. The fourth-order valence-electron chi connectivity index (χ4n) is 4.14. The molecule has 4 heterocycles. The van der Waals surface area contributed by atoms with Crippen LogP contribution in [0, 0.1) is 0 Å². The third-order valence-corrected chi connectivity index (χ3v) is 6.07. The standard InChI is InChI=1S/C27H32N8O/c1-2-6-21(7-3-1)26-33-34-27(36-26)25-11-5-10-24(32-25)20-30-14-17-35-15-12-28-18-22-8-4-9-23(31-22)19-29-13-16-35/h1-11,28-30H,12-20H2. The zero-order valence-electron chi connectivity index (χ0n) is 20.4. The van der Waals surface area contributed by atoms with Crippen molar-refractivity contribution in [1.82, 2.24) is 41.0 Å². The normalized spacial score (nSPS) is 15.2. The highest BCUT2D eigenvalue weighted by Gasteiger charge is 2.12. The molecule has 36 heavy (non-hydrogen) atoms. The molecule has 0 spiro atoms. The summed E-state index contributed by atoms with van der Waals surface area (Å²) in [7, 11) is 0. The smallest absolute Gasteiger partial charge is 0.266 e. The molecule has 3 aromatic heterocycles. The molecule has 186 valence electrons. The SMILES string of the molecule is c1ccc(-c2nnc(-c3cccc(CNCCN4CCNCc5cccc(n5)CNCC4)n3)o2)cc1. The number of hydrogen-bond acceptors (Lipinski definition) is 9. The van der Waals surface area contributed by atoms with E-state index in [2.05, 4.69) is 54.2 Å². The van der Waals surface area contributed by atoms with Gasteiger partial charge in [0.25, 0.3) is 5.89 Å². The monoisotopic (exact) mass is 484 g/mol. The Morgan fingerprint density at radius 1 is 0.778 bits per heavy atom. The first-order valence-electron chi connectivity index (χ1n) is 12.5. The van der Waals surface area contributed by atoms with Crippen LogP contribution in [-0.2, 0) is 19.6 Å². The molecule has 9 heteroatoms. The summed E-state index contributed by atoms with van der Waals surface area (Å²) in [6, 6.07) is 21.9. The van der Waals surface area contributed by atoms with E-state index in [1.165, 1.54) is 0 Å². The van der Waals surface area contributed by atoms with Crippen molar-refractivity contribution in [1.29, 1.82) is 0 Å². The molecule has 0 amide bonds. The fraction of sp³-hybridized carbons (Fsp3) is 0.333. The Kier molecular flexibility index (Phi) is 8.38. The zero-order valence-corrected chi connectivity index (χ0v) is 20.4. The highest BCUT2D eigenvalue weighted by molar-refractivity contribution is 5.55. The molecular weight excluding hydrogens is 452 g/mol. The predicted molar refractivity (Wildman–Crippen MR) is 139 cm³/mol. The van der Waals surface area contributed by atoms with Crippen LogP contribution in [0.15, 0.2) is 71.1 Å². The molecule has 1 aromatic carbocycles. The van der Waals surface area contributed by atoms with Crippen molar-refractivity contribution in [2.75, 3.05) is 39.3 Å². The van der Waals surface area contributed by atoms with Gasteiger partial charge in [0.05, 0.1) is 17.1 Å². The molecule has 3 N–H and O–H groups in total. The van der Waals surface area contributed by atoms with Crippen LogP contribution < -0.4 is 16.0 Å². The van der Waals surface area contributed by atoms with Gasteiger partial charge in [-0.15, -0.1) is 10.2 Å². The molecule has 5 rings (SSSR count). The van der Waals surface area contributed by atoms with E-state index in [0.717, 1.165) is 75.0 Å². The van der Waals surface area contributed by atoms with Crippen LogP contribution in [-0.4, -0.2) is 64.3 Å². The average molecular weight is 485 g/mol. The maximum Gasteiger partial charge on any atom is 0.266 e. The summed E-state index contributed by atoms with van der Waals surface area (Å²) in [5.74, 6) is 0.923. The van der Waals surface area contributed by atoms with Gasteiger partial charge < -0.3 is 20.4 Å². The van der Waals surface area contributed by atoms with Gasteiger partial charge >= 0.3 is 0 Å². The van der Waals surface area contributed by atoms with Crippen molar-refractivity contribution in [3.8, 4) is 23.0 Å². The number of nitrogens with zero attached hydrogens (tertiary/aromatic N) is 5. The summed E-state index contributed by atoms with van der Waals surface area (Å²) in [5.41, 5.74) is 4.71. The van der Waals surface area contributed by atoms with E-state index in [9.17, 15) is 0 Å². The number of hydrogen-bond donors (Lipinski definition) is 3. The van der Waals surface area contributed by atoms with Crippen molar-refractivity contribution in [3.63, 3.8) is 0 Å². The second-order valence-electron chi connectivity index (χ2n) is 8.78. The molecule has 0 aliphatic carbocycles. The van der Waals surface area contributed by atoms with E-state index in [4.69, 9.17) is 9.40 Å². The maximum atomic E-state index is 5.86. The molecule has 1 aliphatic heterocycles. The molecule has 0 atom stereocenters. The Bertz CT molecular complexity index is 1200. The van der Waals surface area contributed by atoms with E-state index >= 15 is 0 Å². The zero-order chi connectivity index (χ0) is 24.4. The number of benzene rings is 1. The Labute approximate surface area is 211 Å². The Morgan fingerprint density at radius 3 is 2.28 bits per heavy atom. The molecule has 0 unspecified atom stereocenters. The molecule has 0 radical (unpaired) electrons. The highest BCUT2D eigenvalue weighted by atomic mass is 16.4. The van der Waals surface area contributed by atoms with Crippen LogP contribution in [0.2, 0.25) is 0 Å². The molecule has 0 saturated carbocycles. The molecule has 1 aliphatic rings. The van der Waals surface area contributed by atoms with Gasteiger partial charge in [-0.05, 0) is 36.4 Å². The van der Waals surface area contributed by atoms with Gasteiger partial charge in [0.15, 0.2) is 0 Å². The first-order valence-corrected chi connectivity index (χ1v) is 12.5. The summed E-state index contributed by atoms with van der Waals surface area (Å²) >= 11 is 0. The minimum atomic E-state index is 0.427. The molecule has 2 bridgehead atoms. The minimum absolute atomic E-state index is 0.427. The van der Waals surface area contributed by atoms with E-state index in [1.54, 1.807) is 0 Å². The van der Waals surface area contributed by atoms with Crippen LogP contribution >= 0.6 is 0 Å². The van der Waals surface area contributed by atoms with Gasteiger partial charge in [0, 0.05) is 64.5 Å². The summed E-state index contributed by atoms with van der Waals surface area (Å²) in [6.45, 7) is 7.99. The highest BCUT2D eigenvalue weighted by Crippen LogP contribution is 2.22. The summed E-state index contributed by atoms with van der Waals surface area (Å²) in [5, 5.41) is 18.9. The molecule has 9 nitrogen and oxygen atoms in total. The molecule has 4 aromatic rings. The fourth-order valence-corrected chi connectivity index (χ4v) is 4.14. The number of pyridine rings is 2. The van der Waals surface area contributed by atoms with Gasteiger partial charge in [-0.3, -0.25) is 9.88 Å². The van der Waals surface area contributed by atoms with E-state index in [-0.39, 0.29) is 0 Å². The third kappa shape index (κ3) is 6.79. The lowest BCUT2D eigenvalue weighted by molar-refractivity contribution is 0.270. The minimum Gasteiger partial charge on any atom is -0.415 e. The van der Waals surface area contributed by atoms with Crippen LogP contribution in [0.1, 0.15) is 17.1 Å². The Balaban J connectivity index is 1.10. The van der Waals surface area contributed by atoms with E-state index in [1.807, 2.05) is 48.5 Å². The first kappa shape index (κ1) is 24.2. The van der Waals surface area contributed by atoms with Crippen LogP contribution in [0.3, 0.4) is 0 Å². The van der Waals surface area contributed by atoms with Gasteiger partial charge in [-0.2, -0.15) is 0 Å². The van der Waals surface area contributed by atoms with Crippen molar-refractivity contribution < 1.29 is 4.42 Å². The van der Waals surface area contributed by atoms with Crippen LogP contribution in [0.25, 0.3) is 23.0 Å². The summed E-state index contributed by atoms with van der Waals surface area (Å²) in [4.78, 5) is 11.9. The summed E-state index contributed by atoms with van der Waals surface area (Å²) < 4.78 is 5.86. The van der Waals surface area contributed by atoms with E-state index < -0.39 is 0 Å². The lowest BCUT2D eigenvalue weighted by Gasteiger charge is -2.23. The lowest BCUT2D eigenvalue weighted by atomic mass is 10.2. The second kappa shape index (κ2) is 12.5. The van der Waals surface area contributed by atoms with Crippen LogP contribution in [0.4, 0.5) is 0 Å². The van der Waals surface area contributed by atoms with Crippen molar-refractivity contribution in [2.45, 2.75) is 19.6 Å². The van der Waals surface area contributed by atoms with Crippen molar-refractivity contribution in [3.05, 3.63) is 83.8 Å². The van der Waals surface area contributed by atoms with Gasteiger partial charge in [0.1, 0.15) is 5.69 Å². The van der Waals surface area contributed by atoms with Crippen molar-refractivity contribution >= 4 is 0 Å². The number of rotatable bonds is 7. The summed E-state index contributed by atoms with van der Waals surface area (Å²) in [6.07, 6.45) is 0. The van der Waals surface area contributed by atoms with Crippen LogP contribution in [0.5, 0.6) is 0 Å². The Morgan fingerprint density at radius 2 is 1.50 bits per heavy atom. The lowest BCUT2D eigenvalue weighted by Crippen LogP contribution is -2.40. The number of nitrogens with one attached hydrogen (secondary N) is 3. The molecular formula is C27H32N8O. The van der Waals surface area contributed by atoms with Gasteiger partial charge in [0.2, 0.25) is 5.89 Å². The Hall–Kier alpha value is -3.50. The van der Waals surface area contributed by atoms with Gasteiger partial charge in [-0.1, -0.05) is 30.3 Å². The van der Waals surface area contributed by atoms with Gasteiger partial charge in [-0.25, -0.2) is 4.98 Å². The topological polar surface area (TPSA) is 104 Å². The molecule has 0 fully saturated rings. The number of fused-ring (bicyclic) bond motifs is 2. The average Bonchev–Trinajstić information content (AvgIpc) is 3.42. The largest absolute Gasteiger partial charge is 0.415 e. The predicted octanol–water partition coefficient (Wildman–Crippen LogP) is 2.48.